The van der Waals surface area contributed by atoms with Crippen LogP contribution in [0.15, 0.2) is 24.3 Å². The van der Waals surface area contributed by atoms with Crippen LogP contribution in [0.2, 0.25) is 5.02 Å². The van der Waals surface area contributed by atoms with Gasteiger partial charge in [-0.2, -0.15) is 0 Å². The monoisotopic (exact) mass is 403 g/mol. The summed E-state index contributed by atoms with van der Waals surface area (Å²) in [6.45, 7) is 1.33. The molecule has 2 bridgehead atoms. The predicted octanol–water partition coefficient (Wildman–Crippen LogP) is 2.89. The minimum Gasteiger partial charge on any atom is -0.324 e. The topological polar surface area (TPSA) is 86.8 Å². The van der Waals surface area contributed by atoms with E-state index < -0.39 is 30.3 Å². The molecule has 148 valence electrons. The van der Waals surface area contributed by atoms with Gasteiger partial charge in [0.1, 0.15) is 6.54 Å². The molecule has 1 heterocycles. The molecule has 1 aromatic carbocycles. The van der Waals surface area contributed by atoms with Crippen LogP contribution >= 0.6 is 11.6 Å². The van der Waals surface area contributed by atoms with Crippen molar-refractivity contribution in [3.8, 4) is 0 Å². The second kappa shape index (κ2) is 7.20. The summed E-state index contributed by atoms with van der Waals surface area (Å²) in [7, 11) is 0. The summed E-state index contributed by atoms with van der Waals surface area (Å²) in [6.07, 6.45) is 4.47. The molecule has 1 saturated heterocycles. The summed E-state index contributed by atoms with van der Waals surface area (Å²) in [6, 6.07) is 5.50. The fourth-order valence-corrected chi connectivity index (χ4v) is 5.20. The van der Waals surface area contributed by atoms with E-state index in [1.165, 1.54) is 6.42 Å². The van der Waals surface area contributed by atoms with Crippen molar-refractivity contribution in [2.24, 2.45) is 17.8 Å². The van der Waals surface area contributed by atoms with E-state index in [2.05, 4.69) is 5.32 Å². The van der Waals surface area contributed by atoms with E-state index >= 15 is 0 Å². The molecule has 4 rings (SSSR count). The van der Waals surface area contributed by atoms with Crippen molar-refractivity contribution in [3.05, 3.63) is 29.3 Å². The molecule has 8 heteroatoms. The number of rotatable bonds is 5. The number of nitrogens with zero attached hydrogens (tertiary/aromatic N) is 2. The smallest absolute Gasteiger partial charge is 0.324 e. The van der Waals surface area contributed by atoms with Gasteiger partial charge in [-0.15, -0.1) is 0 Å². The lowest BCUT2D eigenvalue weighted by atomic mass is 9.83. The van der Waals surface area contributed by atoms with Gasteiger partial charge in [0.25, 0.3) is 0 Å². The van der Waals surface area contributed by atoms with Crippen molar-refractivity contribution in [1.82, 2.24) is 9.80 Å². The highest BCUT2D eigenvalue weighted by molar-refractivity contribution is 6.45. The van der Waals surface area contributed by atoms with Gasteiger partial charge in [-0.25, -0.2) is 9.69 Å². The van der Waals surface area contributed by atoms with Crippen LogP contribution < -0.4 is 5.32 Å². The molecule has 3 fully saturated rings. The Balaban J connectivity index is 1.44. The van der Waals surface area contributed by atoms with Gasteiger partial charge in [-0.1, -0.05) is 24.1 Å². The highest BCUT2D eigenvalue weighted by Gasteiger charge is 2.52. The first-order valence-electron chi connectivity index (χ1n) is 9.59. The van der Waals surface area contributed by atoms with Crippen molar-refractivity contribution in [1.29, 1.82) is 0 Å². The number of fused-ring (bicyclic) bond motifs is 2. The van der Waals surface area contributed by atoms with E-state index in [9.17, 15) is 19.2 Å². The van der Waals surface area contributed by atoms with Gasteiger partial charge in [0.05, 0.1) is 0 Å². The zero-order valence-corrected chi connectivity index (χ0v) is 16.3. The Kier molecular flexibility index (Phi) is 4.87. The van der Waals surface area contributed by atoms with E-state index in [0.717, 1.165) is 29.1 Å². The van der Waals surface area contributed by atoms with Crippen LogP contribution in [0.1, 0.15) is 32.6 Å². The largest absolute Gasteiger partial charge is 0.334 e. The van der Waals surface area contributed by atoms with Crippen LogP contribution in [0, 0.1) is 17.8 Å². The molecule has 2 aliphatic carbocycles. The van der Waals surface area contributed by atoms with Crippen LogP contribution in [0.3, 0.4) is 0 Å². The zero-order chi connectivity index (χ0) is 20.0. The van der Waals surface area contributed by atoms with Crippen molar-refractivity contribution >= 4 is 41.0 Å². The molecule has 0 aromatic heterocycles. The van der Waals surface area contributed by atoms with Crippen molar-refractivity contribution in [2.45, 2.75) is 38.6 Å². The molecule has 3 aliphatic rings. The Morgan fingerprint density at radius 2 is 2.00 bits per heavy atom. The van der Waals surface area contributed by atoms with E-state index in [0.29, 0.717) is 22.5 Å². The molecule has 0 unspecified atom stereocenters. The molecule has 1 N–H and O–H groups in total. The van der Waals surface area contributed by atoms with Crippen molar-refractivity contribution < 1.29 is 19.2 Å². The fourth-order valence-electron chi connectivity index (χ4n) is 5.01. The number of hydrogen-bond acceptors (Lipinski definition) is 4. The highest BCUT2D eigenvalue weighted by atomic mass is 35.5. The molecule has 1 aromatic rings. The number of amides is 5. The highest BCUT2D eigenvalue weighted by Crippen LogP contribution is 2.50. The predicted molar refractivity (Wildman–Crippen MR) is 102 cm³/mol. The normalized spacial score (nSPS) is 27.6. The lowest BCUT2D eigenvalue weighted by molar-refractivity contribution is -0.144. The second-order valence-corrected chi connectivity index (χ2v) is 8.42. The maximum Gasteiger partial charge on any atom is 0.334 e. The van der Waals surface area contributed by atoms with Crippen LogP contribution in [0.5, 0.6) is 0 Å². The molecular weight excluding hydrogens is 382 g/mol. The maximum atomic E-state index is 12.8. The average Bonchev–Trinajstić information content (AvgIpc) is 3.33. The lowest BCUT2D eigenvalue weighted by Gasteiger charge is -2.32. The third-order valence-corrected chi connectivity index (χ3v) is 6.55. The Hall–Kier alpha value is -2.41. The van der Waals surface area contributed by atoms with Crippen molar-refractivity contribution in [2.75, 3.05) is 11.9 Å². The number of anilines is 1. The summed E-state index contributed by atoms with van der Waals surface area (Å²) in [5, 5.41) is 3.04. The molecule has 2 saturated carbocycles. The van der Waals surface area contributed by atoms with E-state index in [-0.39, 0.29) is 12.0 Å². The van der Waals surface area contributed by atoms with Gasteiger partial charge in [0.15, 0.2) is 0 Å². The quantitative estimate of drug-likeness (QED) is 0.605. The molecular formula is C20H22ClN3O4. The van der Waals surface area contributed by atoms with E-state index in [1.54, 1.807) is 24.3 Å². The molecule has 1 aliphatic heterocycles. The van der Waals surface area contributed by atoms with E-state index in [4.69, 9.17) is 11.6 Å². The molecule has 28 heavy (non-hydrogen) atoms. The molecule has 0 spiro atoms. The molecule has 0 radical (unpaired) electrons. The third-order valence-electron chi connectivity index (χ3n) is 6.31. The van der Waals surface area contributed by atoms with Gasteiger partial charge in [-0.3, -0.25) is 19.3 Å². The number of halogens is 1. The molecule has 4 atom stereocenters. The number of imide groups is 2. The number of urea groups is 1. The Labute approximate surface area is 168 Å². The first kappa shape index (κ1) is 18.9. The van der Waals surface area contributed by atoms with Gasteiger partial charge < -0.3 is 5.32 Å². The van der Waals surface area contributed by atoms with Crippen LogP contribution in [-0.4, -0.2) is 46.1 Å². The minimum atomic E-state index is -0.943. The molecule has 7 nitrogen and oxygen atoms in total. The Morgan fingerprint density at radius 3 is 2.64 bits per heavy atom. The fraction of sp³-hybridized carbons (Fsp3) is 0.500. The standard InChI is InChI=1S/C20H22ClN3O4/c1-11(16-8-12-5-6-13(16)7-12)24-19(27)18(26)23(20(24)28)10-17(25)22-15-4-2-3-14(21)9-15/h2-4,9,11-13,16H,5-8,10H2,1H3,(H,22,25)/t11-,12+,13+,16+/m1/s1. The first-order chi connectivity index (χ1) is 13.3. The number of carbonyl (C=O) groups is 4. The zero-order valence-electron chi connectivity index (χ0n) is 15.6. The summed E-state index contributed by atoms with van der Waals surface area (Å²) in [5.74, 6) is -0.931. The van der Waals surface area contributed by atoms with Gasteiger partial charge in [0, 0.05) is 16.8 Å². The van der Waals surface area contributed by atoms with Gasteiger partial charge >= 0.3 is 17.8 Å². The van der Waals surface area contributed by atoms with Crippen LogP contribution in [0.25, 0.3) is 0 Å². The number of hydrogen-bond donors (Lipinski definition) is 1. The lowest BCUT2D eigenvalue weighted by Crippen LogP contribution is -2.45. The Bertz CT molecular complexity index is 858. The van der Waals surface area contributed by atoms with Gasteiger partial charge in [0.2, 0.25) is 5.91 Å². The summed E-state index contributed by atoms with van der Waals surface area (Å²) in [4.78, 5) is 51.7. The SMILES string of the molecule is C[C@H]([C@@H]1C[C@H]2CC[C@H]1C2)N1C(=O)C(=O)N(CC(=O)Nc2cccc(Cl)c2)C1=O. The minimum absolute atomic E-state index is 0.236. The van der Waals surface area contributed by atoms with Crippen LogP contribution in [-0.2, 0) is 14.4 Å². The van der Waals surface area contributed by atoms with E-state index in [1.807, 2.05) is 6.92 Å². The summed E-state index contributed by atoms with van der Waals surface area (Å²) in [5.41, 5.74) is 0.454. The van der Waals surface area contributed by atoms with Gasteiger partial charge in [-0.05, 0) is 62.1 Å². The summed E-state index contributed by atoms with van der Waals surface area (Å²) < 4.78 is 0. The molecule has 5 amide bonds. The Morgan fingerprint density at radius 1 is 1.21 bits per heavy atom. The number of benzene rings is 1. The number of nitrogens with one attached hydrogen (secondary N) is 1. The van der Waals surface area contributed by atoms with Crippen molar-refractivity contribution in [3.63, 3.8) is 0 Å². The van der Waals surface area contributed by atoms with Crippen LogP contribution in [0.4, 0.5) is 10.5 Å². The second-order valence-electron chi connectivity index (χ2n) is 7.99. The average molecular weight is 404 g/mol. The number of carbonyl (C=O) groups excluding carboxylic acids is 4. The third kappa shape index (κ3) is 3.28. The first-order valence-corrected chi connectivity index (χ1v) is 9.97. The maximum absolute atomic E-state index is 12.8. The summed E-state index contributed by atoms with van der Waals surface area (Å²) >= 11 is 5.89.